The van der Waals surface area contributed by atoms with Gasteiger partial charge in [-0.15, -0.1) is 0 Å². The molecule has 0 aromatic heterocycles. The summed E-state index contributed by atoms with van der Waals surface area (Å²) in [4.78, 5) is 0. The van der Waals surface area contributed by atoms with E-state index in [1.807, 2.05) is 6.26 Å². The Bertz CT molecular complexity index is 304. The fourth-order valence-electron chi connectivity index (χ4n) is 2.16. The molecule has 0 saturated carbocycles. The number of hydrogen-bond acceptors (Lipinski definition) is 4. The Morgan fingerprint density at radius 1 is 0.950 bits per heavy atom. The van der Waals surface area contributed by atoms with Gasteiger partial charge in [0.2, 0.25) is 15.8 Å². The lowest BCUT2D eigenvalue weighted by atomic mass is 10.1. The maximum Gasteiger partial charge on any atom is 0.231 e. The average Bonchev–Trinajstić information content (AvgIpc) is 2.38. The summed E-state index contributed by atoms with van der Waals surface area (Å²) in [6, 6.07) is 0. The molecule has 0 saturated heterocycles. The third-order valence-electron chi connectivity index (χ3n) is 3.32. The van der Waals surface area contributed by atoms with Crippen molar-refractivity contribution < 1.29 is 17.2 Å². The monoisotopic (exact) mass is 326 g/mol. The predicted octanol–water partition coefficient (Wildman–Crippen LogP) is 3.55. The Hall–Kier alpha value is 0.220. The van der Waals surface area contributed by atoms with Crippen LogP contribution in [0, 0.1) is 0 Å². The zero-order valence-corrected chi connectivity index (χ0v) is 14.6. The zero-order chi connectivity index (χ0) is 15.3. The molecule has 0 bridgehead atoms. The van der Waals surface area contributed by atoms with Gasteiger partial charge in [-0.3, -0.25) is 0 Å². The molecular formula is C14H30O4S2. The van der Waals surface area contributed by atoms with Gasteiger partial charge in [0.25, 0.3) is 0 Å². The number of hydrogen-bond donors (Lipinski definition) is 0. The van der Waals surface area contributed by atoms with E-state index in [1.165, 1.54) is 51.4 Å². The first-order valence-corrected chi connectivity index (χ1v) is 10.5. The Balaban J connectivity index is 3.38. The van der Waals surface area contributed by atoms with Crippen LogP contribution >= 0.6 is 0 Å². The SMILES string of the molecule is CCCCCCCCCCCCC(OS(=O)(=O)[O-])[SH+]C. The normalized spacial score (nSPS) is 13.6. The van der Waals surface area contributed by atoms with Crippen molar-refractivity contribution in [2.75, 3.05) is 6.26 Å². The first-order valence-electron chi connectivity index (χ1n) is 7.72. The van der Waals surface area contributed by atoms with Crippen molar-refractivity contribution in [1.29, 1.82) is 0 Å². The molecule has 0 aromatic carbocycles. The summed E-state index contributed by atoms with van der Waals surface area (Å²) < 4.78 is 36.0. The second kappa shape index (κ2) is 12.9. The molecule has 4 nitrogen and oxygen atoms in total. The van der Waals surface area contributed by atoms with E-state index in [-0.39, 0.29) is 0 Å². The third-order valence-corrected chi connectivity index (χ3v) is 4.87. The molecule has 0 aromatic rings. The average molecular weight is 327 g/mol. The quantitative estimate of drug-likeness (QED) is 0.161. The first kappa shape index (κ1) is 20.2. The standard InChI is InChI=1S/C14H30O4S2/c1-3-4-5-6-7-8-9-10-11-12-13-14(19-2)18-20(15,16)17/h14H,3-13H2,1-2H3,(H,15,16,17). The first-order chi connectivity index (χ1) is 9.49. The van der Waals surface area contributed by atoms with Crippen LogP contribution in [0.2, 0.25) is 0 Å². The van der Waals surface area contributed by atoms with Gasteiger partial charge in [-0.1, -0.05) is 64.7 Å². The highest BCUT2D eigenvalue weighted by atomic mass is 32.3. The van der Waals surface area contributed by atoms with E-state index in [9.17, 15) is 13.0 Å². The smallest absolute Gasteiger partial charge is 0.231 e. The minimum Gasteiger partial charge on any atom is -0.725 e. The molecule has 0 rings (SSSR count). The lowest BCUT2D eigenvalue weighted by Gasteiger charge is -2.12. The van der Waals surface area contributed by atoms with Gasteiger partial charge in [-0.2, -0.15) is 0 Å². The molecule has 0 N–H and O–H groups in total. The molecule has 0 aliphatic carbocycles. The summed E-state index contributed by atoms with van der Waals surface area (Å²) in [6.45, 7) is 2.23. The van der Waals surface area contributed by atoms with E-state index < -0.39 is 15.8 Å². The highest BCUT2D eigenvalue weighted by molar-refractivity contribution is 7.82. The summed E-state index contributed by atoms with van der Waals surface area (Å²) in [5, 5.41) is 0. The van der Waals surface area contributed by atoms with E-state index >= 15 is 0 Å². The topological polar surface area (TPSA) is 66.4 Å². The summed E-state index contributed by atoms with van der Waals surface area (Å²) in [5.74, 6) is 0. The third kappa shape index (κ3) is 14.6. The number of rotatable bonds is 14. The lowest BCUT2D eigenvalue weighted by Crippen LogP contribution is -2.19. The fourth-order valence-corrected chi connectivity index (χ4v) is 3.63. The molecule has 20 heavy (non-hydrogen) atoms. The number of unbranched alkanes of at least 4 members (excludes halogenated alkanes) is 9. The van der Waals surface area contributed by atoms with Crippen molar-refractivity contribution in [3.63, 3.8) is 0 Å². The van der Waals surface area contributed by atoms with Gasteiger partial charge in [0.05, 0.1) is 6.26 Å². The maximum atomic E-state index is 10.5. The van der Waals surface area contributed by atoms with Gasteiger partial charge < -0.3 is 4.55 Å². The molecule has 0 aliphatic heterocycles. The molecule has 0 fully saturated rings. The fraction of sp³-hybridized carbons (Fsp3) is 1.00. The maximum absolute atomic E-state index is 10.5. The van der Waals surface area contributed by atoms with Crippen LogP contribution in [0.25, 0.3) is 0 Å². The minimum absolute atomic E-state index is 0.466. The Labute approximate surface area is 129 Å². The number of thiol groups is 1. The molecule has 0 radical (unpaired) electrons. The van der Waals surface area contributed by atoms with Crippen LogP contribution in [0.15, 0.2) is 0 Å². The highest BCUT2D eigenvalue weighted by Gasteiger charge is 2.16. The van der Waals surface area contributed by atoms with Crippen molar-refractivity contribution in [3.8, 4) is 0 Å². The molecule has 6 heteroatoms. The van der Waals surface area contributed by atoms with Crippen LogP contribution in [0.3, 0.4) is 0 Å². The van der Waals surface area contributed by atoms with Crippen molar-refractivity contribution in [2.24, 2.45) is 0 Å². The van der Waals surface area contributed by atoms with Gasteiger partial charge in [0, 0.05) is 18.2 Å². The minimum atomic E-state index is -4.55. The van der Waals surface area contributed by atoms with Crippen molar-refractivity contribution in [3.05, 3.63) is 0 Å². The molecule has 122 valence electrons. The van der Waals surface area contributed by atoms with Crippen molar-refractivity contribution in [2.45, 2.75) is 83.0 Å². The molecule has 1 unspecified atom stereocenters. The van der Waals surface area contributed by atoms with E-state index in [0.717, 1.165) is 24.6 Å². The van der Waals surface area contributed by atoms with Crippen LogP contribution < -0.4 is 0 Å². The predicted molar refractivity (Wildman–Crippen MR) is 85.7 cm³/mol. The van der Waals surface area contributed by atoms with Gasteiger partial charge in [0.15, 0.2) is 0 Å². The Kier molecular flexibility index (Phi) is 13.1. The van der Waals surface area contributed by atoms with Gasteiger partial charge >= 0.3 is 0 Å². The molecule has 0 spiro atoms. The Morgan fingerprint density at radius 3 is 1.80 bits per heavy atom. The molecule has 0 heterocycles. The Morgan fingerprint density at radius 2 is 1.40 bits per heavy atom. The molecule has 0 aliphatic rings. The van der Waals surface area contributed by atoms with E-state index in [2.05, 4.69) is 11.1 Å². The van der Waals surface area contributed by atoms with Crippen molar-refractivity contribution in [1.82, 2.24) is 0 Å². The van der Waals surface area contributed by atoms with Gasteiger partial charge in [0.1, 0.15) is 0 Å². The van der Waals surface area contributed by atoms with E-state index in [0.29, 0.717) is 6.42 Å². The summed E-state index contributed by atoms with van der Waals surface area (Å²) in [7, 11) is -4.55. The van der Waals surface area contributed by atoms with Crippen LogP contribution in [0.1, 0.15) is 77.6 Å². The van der Waals surface area contributed by atoms with Crippen LogP contribution in [-0.4, -0.2) is 24.7 Å². The summed E-state index contributed by atoms with van der Waals surface area (Å²) in [6.07, 6.45) is 14.9. The molecular weight excluding hydrogens is 296 g/mol. The largest absolute Gasteiger partial charge is 0.725 e. The highest BCUT2D eigenvalue weighted by Crippen LogP contribution is 2.14. The zero-order valence-electron chi connectivity index (χ0n) is 12.8. The second-order valence-corrected chi connectivity index (χ2v) is 7.29. The second-order valence-electron chi connectivity index (χ2n) is 5.19. The van der Waals surface area contributed by atoms with Crippen LogP contribution in [-0.2, 0) is 26.3 Å². The van der Waals surface area contributed by atoms with E-state index in [1.54, 1.807) is 0 Å². The van der Waals surface area contributed by atoms with Crippen LogP contribution in [0.4, 0.5) is 0 Å². The van der Waals surface area contributed by atoms with Crippen molar-refractivity contribution >= 4 is 22.2 Å². The van der Waals surface area contributed by atoms with Crippen LogP contribution in [0.5, 0.6) is 0 Å². The molecule has 1 atom stereocenters. The van der Waals surface area contributed by atoms with Gasteiger partial charge in [-0.25, -0.2) is 12.6 Å². The molecule has 0 amide bonds. The summed E-state index contributed by atoms with van der Waals surface area (Å²) >= 11 is 0.804. The summed E-state index contributed by atoms with van der Waals surface area (Å²) in [5.41, 5.74) is -0.466. The van der Waals surface area contributed by atoms with Gasteiger partial charge in [-0.05, 0) is 6.42 Å². The lowest BCUT2D eigenvalue weighted by molar-refractivity contribution is 0.231. The van der Waals surface area contributed by atoms with E-state index in [4.69, 9.17) is 0 Å².